The van der Waals surface area contributed by atoms with Crippen LogP contribution in [0.3, 0.4) is 0 Å². The molecule has 2 aromatic rings. The summed E-state index contributed by atoms with van der Waals surface area (Å²) in [5.41, 5.74) is 2.00. The molecule has 0 spiro atoms. The summed E-state index contributed by atoms with van der Waals surface area (Å²) in [7, 11) is 0. The van der Waals surface area contributed by atoms with Crippen molar-refractivity contribution < 1.29 is 9.13 Å². The fourth-order valence-electron chi connectivity index (χ4n) is 1.86. The van der Waals surface area contributed by atoms with E-state index < -0.39 is 0 Å². The van der Waals surface area contributed by atoms with Gasteiger partial charge in [-0.15, -0.1) is 0 Å². The lowest BCUT2D eigenvalue weighted by Gasteiger charge is -2.14. The molecule has 0 radical (unpaired) electrons. The van der Waals surface area contributed by atoms with Gasteiger partial charge in [-0.2, -0.15) is 11.3 Å². The molecular formula is C15H18FNOS. The zero-order chi connectivity index (χ0) is 13.7. The van der Waals surface area contributed by atoms with Gasteiger partial charge >= 0.3 is 0 Å². The van der Waals surface area contributed by atoms with Crippen LogP contribution in [-0.4, -0.2) is 6.54 Å². The lowest BCUT2D eigenvalue weighted by Crippen LogP contribution is -2.17. The first-order valence-corrected chi connectivity index (χ1v) is 7.31. The second kappa shape index (κ2) is 6.68. The number of halogens is 1. The van der Waals surface area contributed by atoms with E-state index in [2.05, 4.69) is 5.32 Å². The molecule has 1 unspecified atom stereocenters. The van der Waals surface area contributed by atoms with Gasteiger partial charge in [-0.25, -0.2) is 4.39 Å². The van der Waals surface area contributed by atoms with E-state index in [1.54, 1.807) is 17.4 Å². The maximum atomic E-state index is 13.9. The van der Waals surface area contributed by atoms with E-state index in [1.807, 2.05) is 36.7 Å². The molecule has 0 aliphatic carbocycles. The van der Waals surface area contributed by atoms with E-state index in [9.17, 15) is 4.39 Å². The van der Waals surface area contributed by atoms with E-state index in [4.69, 9.17) is 4.74 Å². The predicted octanol–water partition coefficient (Wildman–Crippen LogP) is 4.14. The van der Waals surface area contributed by atoms with Gasteiger partial charge < -0.3 is 10.1 Å². The Morgan fingerprint density at radius 3 is 2.84 bits per heavy atom. The van der Waals surface area contributed by atoms with Gasteiger partial charge in [0, 0.05) is 6.04 Å². The van der Waals surface area contributed by atoms with Crippen LogP contribution in [0.1, 0.15) is 31.0 Å². The van der Waals surface area contributed by atoms with Crippen LogP contribution >= 0.6 is 11.3 Å². The number of hydrogen-bond donors (Lipinski definition) is 1. The van der Waals surface area contributed by atoms with Crippen LogP contribution in [0.4, 0.5) is 4.39 Å². The van der Waals surface area contributed by atoms with Gasteiger partial charge in [0.15, 0.2) is 11.6 Å². The molecule has 4 heteroatoms. The molecule has 0 fully saturated rings. The van der Waals surface area contributed by atoms with Crippen molar-refractivity contribution in [3.05, 3.63) is 52.0 Å². The molecule has 0 saturated carbocycles. The molecule has 0 saturated heterocycles. The Hall–Kier alpha value is -1.39. The molecule has 19 heavy (non-hydrogen) atoms. The minimum absolute atomic E-state index is 0.144. The first kappa shape index (κ1) is 14.0. The van der Waals surface area contributed by atoms with E-state index in [0.717, 1.165) is 17.7 Å². The van der Waals surface area contributed by atoms with Crippen LogP contribution in [-0.2, 0) is 6.61 Å². The van der Waals surface area contributed by atoms with Crippen molar-refractivity contribution in [2.24, 2.45) is 0 Å². The summed E-state index contributed by atoms with van der Waals surface area (Å²) >= 11 is 1.61. The molecule has 0 bridgehead atoms. The number of benzene rings is 1. The van der Waals surface area contributed by atoms with Gasteiger partial charge in [-0.05, 0) is 53.6 Å². The topological polar surface area (TPSA) is 21.3 Å². The molecule has 0 amide bonds. The van der Waals surface area contributed by atoms with E-state index in [-0.39, 0.29) is 11.9 Å². The Morgan fingerprint density at radius 2 is 2.21 bits per heavy atom. The molecule has 1 aromatic carbocycles. The molecule has 2 nitrogen and oxygen atoms in total. The number of thiophene rings is 1. The van der Waals surface area contributed by atoms with E-state index in [0.29, 0.717) is 12.4 Å². The smallest absolute Gasteiger partial charge is 0.165 e. The number of hydrogen-bond acceptors (Lipinski definition) is 3. The Labute approximate surface area is 117 Å². The molecule has 102 valence electrons. The van der Waals surface area contributed by atoms with Gasteiger partial charge in [-0.3, -0.25) is 0 Å². The average Bonchev–Trinajstić information content (AvgIpc) is 2.90. The Bertz CT molecular complexity index is 513. The summed E-state index contributed by atoms with van der Waals surface area (Å²) in [4.78, 5) is 0. The summed E-state index contributed by atoms with van der Waals surface area (Å²) in [6.07, 6.45) is 0. The van der Waals surface area contributed by atoms with Crippen molar-refractivity contribution in [1.82, 2.24) is 5.32 Å². The van der Waals surface area contributed by atoms with E-state index in [1.165, 1.54) is 6.07 Å². The summed E-state index contributed by atoms with van der Waals surface area (Å²) in [5.74, 6) is -0.00358. The first-order valence-electron chi connectivity index (χ1n) is 6.37. The molecular weight excluding hydrogens is 261 g/mol. The van der Waals surface area contributed by atoms with Gasteiger partial charge in [0.2, 0.25) is 0 Å². The van der Waals surface area contributed by atoms with Crippen LogP contribution in [0.2, 0.25) is 0 Å². The van der Waals surface area contributed by atoms with Crippen molar-refractivity contribution in [3.63, 3.8) is 0 Å². The Morgan fingerprint density at radius 1 is 1.37 bits per heavy atom. The molecule has 1 heterocycles. The SMILES string of the molecule is CCNC(C)c1ccc(OCc2ccsc2)c(F)c1. The fraction of sp³-hybridized carbons (Fsp3) is 0.333. The van der Waals surface area contributed by atoms with Crippen molar-refractivity contribution in [2.75, 3.05) is 6.54 Å². The Balaban J connectivity index is 2.02. The maximum Gasteiger partial charge on any atom is 0.165 e. The third-order valence-electron chi connectivity index (χ3n) is 2.94. The quantitative estimate of drug-likeness (QED) is 0.858. The zero-order valence-electron chi connectivity index (χ0n) is 11.2. The highest BCUT2D eigenvalue weighted by molar-refractivity contribution is 7.07. The lowest BCUT2D eigenvalue weighted by molar-refractivity contribution is 0.290. The third kappa shape index (κ3) is 3.78. The van der Waals surface area contributed by atoms with Crippen LogP contribution in [0.25, 0.3) is 0 Å². The largest absolute Gasteiger partial charge is 0.486 e. The summed E-state index contributed by atoms with van der Waals surface area (Å²) in [5, 5.41) is 7.24. The maximum absolute atomic E-state index is 13.9. The molecule has 1 aromatic heterocycles. The minimum atomic E-state index is -0.308. The highest BCUT2D eigenvalue weighted by Gasteiger charge is 2.09. The van der Waals surface area contributed by atoms with Crippen molar-refractivity contribution in [2.45, 2.75) is 26.5 Å². The highest BCUT2D eigenvalue weighted by Crippen LogP contribution is 2.23. The summed E-state index contributed by atoms with van der Waals surface area (Å²) in [6, 6.07) is 7.26. The molecule has 2 rings (SSSR count). The summed E-state index contributed by atoms with van der Waals surface area (Å²) in [6.45, 7) is 5.32. The predicted molar refractivity (Wildman–Crippen MR) is 77.1 cm³/mol. The van der Waals surface area contributed by atoms with Gasteiger partial charge in [0.05, 0.1) is 0 Å². The van der Waals surface area contributed by atoms with Crippen LogP contribution < -0.4 is 10.1 Å². The summed E-state index contributed by atoms with van der Waals surface area (Å²) < 4.78 is 19.4. The van der Waals surface area contributed by atoms with Gasteiger partial charge in [-0.1, -0.05) is 13.0 Å². The monoisotopic (exact) mass is 279 g/mol. The lowest BCUT2D eigenvalue weighted by atomic mass is 10.1. The van der Waals surface area contributed by atoms with Crippen LogP contribution in [0.5, 0.6) is 5.75 Å². The average molecular weight is 279 g/mol. The molecule has 0 aliphatic heterocycles. The first-order chi connectivity index (χ1) is 9.20. The zero-order valence-corrected chi connectivity index (χ0v) is 12.0. The van der Waals surface area contributed by atoms with Crippen molar-refractivity contribution in [3.8, 4) is 5.75 Å². The number of rotatable bonds is 6. The molecule has 0 aliphatic rings. The molecule has 1 N–H and O–H groups in total. The van der Waals surface area contributed by atoms with Crippen LogP contribution in [0, 0.1) is 5.82 Å². The second-order valence-electron chi connectivity index (χ2n) is 4.39. The van der Waals surface area contributed by atoms with E-state index >= 15 is 0 Å². The van der Waals surface area contributed by atoms with Gasteiger partial charge in [0.1, 0.15) is 6.61 Å². The highest BCUT2D eigenvalue weighted by atomic mass is 32.1. The van der Waals surface area contributed by atoms with Crippen LogP contribution in [0.15, 0.2) is 35.0 Å². The number of ether oxygens (including phenoxy) is 1. The van der Waals surface area contributed by atoms with Crippen molar-refractivity contribution in [1.29, 1.82) is 0 Å². The Kier molecular flexibility index (Phi) is 4.93. The normalized spacial score (nSPS) is 12.4. The fourth-order valence-corrected chi connectivity index (χ4v) is 2.52. The standard InChI is InChI=1S/C15H18FNOS/c1-3-17-11(2)13-4-5-15(14(16)8-13)18-9-12-6-7-19-10-12/h4-8,10-11,17H,3,9H2,1-2H3. The van der Waals surface area contributed by atoms with Crippen molar-refractivity contribution >= 4 is 11.3 Å². The van der Waals surface area contributed by atoms with Gasteiger partial charge in [0.25, 0.3) is 0 Å². The minimum Gasteiger partial charge on any atom is -0.486 e. The second-order valence-corrected chi connectivity index (χ2v) is 5.17. The molecule has 1 atom stereocenters. The number of nitrogens with one attached hydrogen (secondary N) is 1. The third-order valence-corrected chi connectivity index (χ3v) is 3.67.